The second kappa shape index (κ2) is 7.81. The average molecular weight is 570 g/mol. The fourth-order valence-corrected chi connectivity index (χ4v) is 6.46. The van der Waals surface area contributed by atoms with Crippen LogP contribution in [-0.4, -0.2) is 25.7 Å². The smallest absolute Gasteiger partial charge is 0.451 e. The molecule has 1 aliphatic heterocycles. The molecule has 0 radical (unpaired) electrons. The van der Waals surface area contributed by atoms with Gasteiger partial charge in [0.25, 0.3) is 0 Å². The first-order valence-electron chi connectivity index (χ1n) is 11.2. The summed E-state index contributed by atoms with van der Waals surface area (Å²) in [6.45, 7) is 3.56. The van der Waals surface area contributed by atoms with E-state index in [4.69, 9.17) is 10.5 Å². The molecule has 1 fully saturated rings. The third-order valence-corrected chi connectivity index (χ3v) is 8.63. The lowest BCUT2D eigenvalue weighted by atomic mass is 9.67. The van der Waals surface area contributed by atoms with E-state index in [2.05, 4.69) is 55.8 Å². The first-order chi connectivity index (χ1) is 15.5. The van der Waals surface area contributed by atoms with Crippen LogP contribution in [0.25, 0.3) is 0 Å². The Balaban J connectivity index is 1.52. The predicted octanol–water partition coefficient (Wildman–Crippen LogP) is 6.18. The van der Waals surface area contributed by atoms with Crippen LogP contribution < -0.4 is 10.5 Å². The van der Waals surface area contributed by atoms with Crippen LogP contribution in [0.3, 0.4) is 0 Å². The monoisotopic (exact) mass is 570 g/mol. The Morgan fingerprint density at radius 2 is 1.88 bits per heavy atom. The minimum atomic E-state index is -4.72. The third-order valence-electron chi connectivity index (χ3n) is 7.38. The van der Waals surface area contributed by atoms with Crippen molar-refractivity contribution >= 4 is 39.8 Å². The largest absolute Gasteiger partial charge is 0.463 e. The van der Waals surface area contributed by atoms with Gasteiger partial charge in [0.15, 0.2) is 11.5 Å². The van der Waals surface area contributed by atoms with Crippen molar-refractivity contribution in [3.8, 4) is 5.88 Å². The van der Waals surface area contributed by atoms with Gasteiger partial charge in [-0.05, 0) is 80.9 Å². The summed E-state index contributed by atoms with van der Waals surface area (Å²) in [5, 5.41) is 0. The van der Waals surface area contributed by atoms with E-state index in [1.54, 1.807) is 13.8 Å². The minimum absolute atomic E-state index is 0.0476. The average Bonchev–Trinajstić information content (AvgIpc) is 3.10. The van der Waals surface area contributed by atoms with Crippen molar-refractivity contribution in [2.45, 2.75) is 69.6 Å². The highest BCUT2D eigenvalue weighted by Gasteiger charge is 2.43. The molecule has 1 saturated carbocycles. The summed E-state index contributed by atoms with van der Waals surface area (Å²) >= 11 is 2.50. The number of fused-ring (bicyclic) bond motifs is 3. The van der Waals surface area contributed by atoms with E-state index in [1.165, 1.54) is 47.7 Å². The lowest BCUT2D eigenvalue weighted by Gasteiger charge is -2.38. The zero-order valence-corrected chi connectivity index (χ0v) is 20.8. The van der Waals surface area contributed by atoms with Gasteiger partial charge in [-0.15, -0.1) is 0 Å². The number of halogens is 4. The van der Waals surface area contributed by atoms with Crippen molar-refractivity contribution in [3.63, 3.8) is 0 Å². The number of hydrogen-bond donors (Lipinski definition) is 1. The normalized spacial score (nSPS) is 25.9. The topological polar surface area (TPSA) is 73.4 Å². The number of nitrogen functional groups attached to an aromatic ring is 1. The van der Waals surface area contributed by atoms with Gasteiger partial charge in [0.05, 0.1) is 5.71 Å². The molecule has 0 saturated heterocycles. The van der Waals surface area contributed by atoms with Gasteiger partial charge in [-0.2, -0.15) is 18.2 Å². The van der Waals surface area contributed by atoms with E-state index in [-0.39, 0.29) is 22.8 Å². The fourth-order valence-electron chi connectivity index (χ4n) is 5.58. The molecule has 0 bridgehead atoms. The summed E-state index contributed by atoms with van der Waals surface area (Å²) in [6.07, 6.45) is 2.55. The molecule has 5 rings (SSSR count). The molecule has 33 heavy (non-hydrogen) atoms. The van der Waals surface area contributed by atoms with Crippen LogP contribution in [-0.2, 0) is 18.0 Å². The Bertz CT molecular complexity index is 1140. The molecule has 1 spiro atoms. The van der Waals surface area contributed by atoms with Gasteiger partial charge in [-0.25, -0.2) is 9.98 Å². The number of aliphatic imine (C=N–C) groups is 1. The van der Waals surface area contributed by atoms with Crippen LogP contribution in [0.4, 0.5) is 24.7 Å². The number of nitrogens with zero attached hydrogens (tertiary/aromatic N) is 3. The summed E-state index contributed by atoms with van der Waals surface area (Å²) in [5.74, 6) is -1.07. The SMILES string of the molecule is CC1(C)Oc2nc(C(F)(F)F)nc(N)c2N=C1c1ccc2c(c1)CCC21CCC(CI)CC1. The van der Waals surface area contributed by atoms with Crippen LogP contribution in [0.1, 0.15) is 68.5 Å². The number of aryl methyl sites for hydroxylation is 1. The van der Waals surface area contributed by atoms with E-state index >= 15 is 0 Å². The number of nitrogens with two attached hydrogens (primary N) is 1. The van der Waals surface area contributed by atoms with Crippen LogP contribution >= 0.6 is 22.6 Å². The molecule has 9 heteroatoms. The van der Waals surface area contributed by atoms with Gasteiger partial charge in [0.1, 0.15) is 5.60 Å². The van der Waals surface area contributed by atoms with Gasteiger partial charge in [-0.3, -0.25) is 0 Å². The molecule has 0 atom stereocenters. The van der Waals surface area contributed by atoms with Crippen LogP contribution in [0, 0.1) is 5.92 Å². The Labute approximate surface area is 204 Å². The summed E-state index contributed by atoms with van der Waals surface area (Å²) in [6, 6.07) is 6.46. The van der Waals surface area contributed by atoms with E-state index in [0.29, 0.717) is 5.71 Å². The van der Waals surface area contributed by atoms with Crippen LogP contribution in [0.5, 0.6) is 5.88 Å². The van der Waals surface area contributed by atoms with Gasteiger partial charge in [0, 0.05) is 9.99 Å². The van der Waals surface area contributed by atoms with Crippen molar-refractivity contribution < 1.29 is 17.9 Å². The standard InChI is InChI=1S/C24H26F3IN4O/c1-22(2)18(30-17-19(29)31-21(24(25,26)27)32-20(17)33-22)15-3-4-16-14(11-15)7-10-23(16)8-5-13(12-28)6-9-23/h3-4,11,13H,5-10,12H2,1-2H3,(H2,29,31,32). The number of aromatic nitrogens is 2. The number of hydrogen-bond acceptors (Lipinski definition) is 5. The number of alkyl halides is 4. The molecule has 176 valence electrons. The predicted molar refractivity (Wildman–Crippen MR) is 130 cm³/mol. The van der Waals surface area contributed by atoms with E-state index in [9.17, 15) is 13.2 Å². The van der Waals surface area contributed by atoms with Gasteiger partial charge in [-0.1, -0.05) is 34.7 Å². The minimum Gasteiger partial charge on any atom is -0.463 e. The summed E-state index contributed by atoms with van der Waals surface area (Å²) < 4.78 is 46.5. The second-order valence-electron chi connectivity index (χ2n) is 9.91. The maximum absolute atomic E-state index is 13.1. The highest BCUT2D eigenvalue weighted by Crippen LogP contribution is 2.51. The molecule has 2 heterocycles. The zero-order chi connectivity index (χ0) is 23.6. The van der Waals surface area contributed by atoms with E-state index < -0.39 is 17.6 Å². The van der Waals surface area contributed by atoms with E-state index in [1.807, 2.05) is 0 Å². The number of anilines is 1. The molecule has 3 aliphatic rings. The number of ether oxygens (including phenoxy) is 1. The van der Waals surface area contributed by atoms with Crippen LogP contribution in [0.2, 0.25) is 0 Å². The molecule has 2 aliphatic carbocycles. The fraction of sp³-hybridized carbons (Fsp3) is 0.542. The molecule has 0 unspecified atom stereocenters. The lowest BCUT2D eigenvalue weighted by Crippen LogP contribution is -2.41. The van der Waals surface area contributed by atoms with Crippen molar-refractivity contribution in [3.05, 3.63) is 40.7 Å². The zero-order valence-electron chi connectivity index (χ0n) is 18.6. The summed E-state index contributed by atoms with van der Waals surface area (Å²) in [5.41, 5.74) is 9.49. The molecular formula is C24H26F3IN4O. The number of benzene rings is 1. The quantitative estimate of drug-likeness (QED) is 0.346. The van der Waals surface area contributed by atoms with Crippen molar-refractivity contribution in [1.29, 1.82) is 0 Å². The Kier molecular flexibility index (Phi) is 5.41. The highest BCUT2D eigenvalue weighted by molar-refractivity contribution is 14.1. The van der Waals surface area contributed by atoms with Crippen LogP contribution in [0.15, 0.2) is 23.2 Å². The first-order valence-corrected chi connectivity index (χ1v) is 12.8. The van der Waals surface area contributed by atoms with E-state index in [0.717, 1.165) is 17.9 Å². The molecule has 2 aromatic rings. The van der Waals surface area contributed by atoms with Gasteiger partial charge in [0.2, 0.25) is 11.7 Å². The van der Waals surface area contributed by atoms with Crippen molar-refractivity contribution in [1.82, 2.24) is 9.97 Å². The molecule has 0 amide bonds. The first kappa shape index (κ1) is 22.9. The molecule has 5 nitrogen and oxygen atoms in total. The molecular weight excluding hydrogens is 544 g/mol. The summed E-state index contributed by atoms with van der Waals surface area (Å²) in [7, 11) is 0. The maximum atomic E-state index is 13.1. The Morgan fingerprint density at radius 1 is 1.15 bits per heavy atom. The van der Waals surface area contributed by atoms with Gasteiger partial charge < -0.3 is 10.5 Å². The molecule has 1 aromatic heterocycles. The summed E-state index contributed by atoms with van der Waals surface area (Å²) in [4.78, 5) is 11.6. The van der Waals surface area contributed by atoms with Crippen molar-refractivity contribution in [2.24, 2.45) is 10.9 Å². The third kappa shape index (κ3) is 3.89. The lowest BCUT2D eigenvalue weighted by molar-refractivity contribution is -0.145. The molecule has 1 aromatic carbocycles. The van der Waals surface area contributed by atoms with Gasteiger partial charge >= 0.3 is 6.18 Å². The second-order valence-corrected chi connectivity index (χ2v) is 10.8. The Morgan fingerprint density at radius 3 is 2.55 bits per heavy atom. The number of rotatable bonds is 2. The Hall–Kier alpha value is -1.91. The molecule has 2 N–H and O–H groups in total. The van der Waals surface area contributed by atoms with Crippen molar-refractivity contribution in [2.75, 3.05) is 10.2 Å². The highest BCUT2D eigenvalue weighted by atomic mass is 127. The maximum Gasteiger partial charge on any atom is 0.451 e.